The van der Waals surface area contributed by atoms with Crippen molar-refractivity contribution in [3.05, 3.63) is 23.4 Å². The fourth-order valence-corrected chi connectivity index (χ4v) is 1.81. The maximum absolute atomic E-state index is 5.86. The van der Waals surface area contributed by atoms with Gasteiger partial charge in [-0.05, 0) is 37.3 Å². The molecule has 0 spiro atoms. The SMILES string of the molecule is CC(N)C1=CCN(C)C(C2CC2)=C1. The van der Waals surface area contributed by atoms with Crippen molar-refractivity contribution >= 4 is 0 Å². The van der Waals surface area contributed by atoms with Gasteiger partial charge < -0.3 is 10.6 Å². The highest BCUT2D eigenvalue weighted by atomic mass is 15.1. The van der Waals surface area contributed by atoms with Gasteiger partial charge in [0.1, 0.15) is 0 Å². The summed E-state index contributed by atoms with van der Waals surface area (Å²) in [5.41, 5.74) is 8.66. The second-order valence-electron chi connectivity index (χ2n) is 4.22. The molecule has 1 unspecified atom stereocenters. The molecule has 0 aromatic carbocycles. The van der Waals surface area contributed by atoms with E-state index in [4.69, 9.17) is 5.73 Å². The van der Waals surface area contributed by atoms with Gasteiger partial charge in [-0.25, -0.2) is 0 Å². The summed E-state index contributed by atoms with van der Waals surface area (Å²) in [6.45, 7) is 3.08. The van der Waals surface area contributed by atoms with E-state index in [1.165, 1.54) is 24.1 Å². The molecule has 2 N–H and O–H groups in total. The van der Waals surface area contributed by atoms with Gasteiger partial charge in [0, 0.05) is 25.3 Å². The van der Waals surface area contributed by atoms with Crippen LogP contribution in [0.1, 0.15) is 19.8 Å². The second-order valence-corrected chi connectivity index (χ2v) is 4.22. The highest BCUT2D eigenvalue weighted by molar-refractivity contribution is 5.33. The monoisotopic (exact) mass is 178 g/mol. The fraction of sp³-hybridized carbons (Fsp3) is 0.636. The minimum atomic E-state index is 0.183. The number of nitrogens with two attached hydrogens (primary N) is 1. The summed E-state index contributed by atoms with van der Waals surface area (Å²) in [6, 6.07) is 0.183. The minimum absolute atomic E-state index is 0.183. The standard InChI is InChI=1S/C11H18N2/c1-8(12)10-5-6-13(2)11(7-10)9-3-4-9/h5,7-9H,3-4,6,12H2,1-2H3. The van der Waals surface area contributed by atoms with E-state index < -0.39 is 0 Å². The Morgan fingerprint density at radius 1 is 1.54 bits per heavy atom. The molecule has 13 heavy (non-hydrogen) atoms. The summed E-state index contributed by atoms with van der Waals surface area (Å²) in [4.78, 5) is 2.34. The van der Waals surface area contributed by atoms with Crippen LogP contribution in [0.3, 0.4) is 0 Å². The van der Waals surface area contributed by atoms with Crippen molar-refractivity contribution in [2.24, 2.45) is 11.7 Å². The van der Waals surface area contributed by atoms with Gasteiger partial charge in [-0.1, -0.05) is 6.08 Å². The molecule has 2 aliphatic rings. The zero-order valence-corrected chi connectivity index (χ0v) is 8.46. The van der Waals surface area contributed by atoms with Gasteiger partial charge in [-0.15, -0.1) is 0 Å². The van der Waals surface area contributed by atoms with Gasteiger partial charge >= 0.3 is 0 Å². The summed E-state index contributed by atoms with van der Waals surface area (Å²) in [5.74, 6) is 0.826. The Morgan fingerprint density at radius 2 is 2.23 bits per heavy atom. The summed E-state index contributed by atoms with van der Waals surface area (Å²) >= 11 is 0. The number of likely N-dealkylation sites (N-methyl/N-ethyl adjacent to an activating group) is 1. The molecule has 2 heteroatoms. The van der Waals surface area contributed by atoms with Gasteiger partial charge in [-0.2, -0.15) is 0 Å². The van der Waals surface area contributed by atoms with Crippen molar-refractivity contribution < 1.29 is 0 Å². The molecule has 1 aliphatic carbocycles. The van der Waals surface area contributed by atoms with Crippen LogP contribution < -0.4 is 5.73 Å². The lowest BCUT2D eigenvalue weighted by Gasteiger charge is -2.27. The summed E-state index contributed by atoms with van der Waals surface area (Å²) in [6.07, 6.45) is 7.24. The second kappa shape index (κ2) is 3.18. The van der Waals surface area contributed by atoms with Crippen LogP contribution in [0.4, 0.5) is 0 Å². The Morgan fingerprint density at radius 3 is 2.77 bits per heavy atom. The number of rotatable bonds is 2. The lowest BCUT2D eigenvalue weighted by Crippen LogP contribution is -2.27. The molecule has 72 valence electrons. The first kappa shape index (κ1) is 8.82. The van der Waals surface area contributed by atoms with Gasteiger partial charge in [-0.3, -0.25) is 0 Å². The first-order chi connectivity index (χ1) is 6.18. The topological polar surface area (TPSA) is 29.3 Å². The van der Waals surface area contributed by atoms with E-state index in [0.29, 0.717) is 0 Å². The van der Waals surface area contributed by atoms with Crippen molar-refractivity contribution in [1.82, 2.24) is 4.90 Å². The van der Waals surface area contributed by atoms with Crippen LogP contribution in [0.5, 0.6) is 0 Å². The lowest BCUT2D eigenvalue weighted by atomic mass is 10.0. The average molecular weight is 178 g/mol. The molecule has 0 saturated heterocycles. The maximum Gasteiger partial charge on any atom is 0.0359 e. The van der Waals surface area contributed by atoms with Crippen LogP contribution in [-0.2, 0) is 0 Å². The Bertz CT molecular complexity index is 259. The van der Waals surface area contributed by atoms with Gasteiger partial charge in [0.25, 0.3) is 0 Å². The molecule has 1 fully saturated rings. The van der Waals surface area contributed by atoms with E-state index in [2.05, 4.69) is 31.0 Å². The first-order valence-corrected chi connectivity index (χ1v) is 5.07. The van der Waals surface area contributed by atoms with Crippen LogP contribution >= 0.6 is 0 Å². The molecule has 0 amide bonds. The number of nitrogens with zero attached hydrogens (tertiary/aromatic N) is 1. The molecule has 0 radical (unpaired) electrons. The van der Waals surface area contributed by atoms with Crippen molar-refractivity contribution in [1.29, 1.82) is 0 Å². The Balaban J connectivity index is 2.17. The first-order valence-electron chi connectivity index (χ1n) is 5.07. The zero-order valence-electron chi connectivity index (χ0n) is 8.46. The normalized spacial score (nSPS) is 25.3. The van der Waals surface area contributed by atoms with Gasteiger partial charge in [0.05, 0.1) is 0 Å². The Labute approximate surface area is 80.1 Å². The Hall–Kier alpha value is -0.760. The van der Waals surface area contributed by atoms with Gasteiger partial charge in [0.2, 0.25) is 0 Å². The van der Waals surface area contributed by atoms with Crippen LogP contribution in [0, 0.1) is 5.92 Å². The lowest BCUT2D eigenvalue weighted by molar-refractivity contribution is 0.427. The Kier molecular flexibility index (Phi) is 2.16. The molecular weight excluding hydrogens is 160 g/mol. The van der Waals surface area contributed by atoms with Crippen LogP contribution in [0.2, 0.25) is 0 Å². The predicted octanol–water partition coefficient (Wildman–Crippen LogP) is 1.50. The largest absolute Gasteiger partial charge is 0.374 e. The van der Waals surface area contributed by atoms with Crippen molar-refractivity contribution in [2.45, 2.75) is 25.8 Å². The van der Waals surface area contributed by atoms with Crippen molar-refractivity contribution in [2.75, 3.05) is 13.6 Å². The molecule has 2 nitrogen and oxygen atoms in total. The van der Waals surface area contributed by atoms with E-state index in [9.17, 15) is 0 Å². The molecule has 1 saturated carbocycles. The van der Waals surface area contributed by atoms with E-state index >= 15 is 0 Å². The minimum Gasteiger partial charge on any atom is -0.374 e. The third kappa shape index (κ3) is 1.78. The molecule has 1 aliphatic heterocycles. The number of allylic oxidation sites excluding steroid dienone is 1. The van der Waals surface area contributed by atoms with E-state index in [-0.39, 0.29) is 6.04 Å². The molecule has 1 heterocycles. The summed E-state index contributed by atoms with van der Waals surface area (Å²) < 4.78 is 0. The van der Waals surface area contributed by atoms with Crippen LogP contribution in [0.15, 0.2) is 23.4 Å². The quantitative estimate of drug-likeness (QED) is 0.694. The third-order valence-electron chi connectivity index (χ3n) is 2.88. The van der Waals surface area contributed by atoms with Crippen LogP contribution in [-0.4, -0.2) is 24.5 Å². The van der Waals surface area contributed by atoms with Crippen molar-refractivity contribution in [3.63, 3.8) is 0 Å². The summed E-state index contributed by atoms with van der Waals surface area (Å²) in [5, 5.41) is 0. The number of hydrogen-bond acceptors (Lipinski definition) is 2. The fourth-order valence-electron chi connectivity index (χ4n) is 1.81. The van der Waals surface area contributed by atoms with Crippen molar-refractivity contribution in [3.8, 4) is 0 Å². The van der Waals surface area contributed by atoms with E-state index in [0.717, 1.165) is 12.5 Å². The van der Waals surface area contributed by atoms with Gasteiger partial charge in [0.15, 0.2) is 0 Å². The average Bonchev–Trinajstić information content (AvgIpc) is 2.87. The highest BCUT2D eigenvalue weighted by Gasteiger charge is 2.29. The number of hydrogen-bond donors (Lipinski definition) is 1. The van der Waals surface area contributed by atoms with E-state index in [1.807, 2.05) is 0 Å². The zero-order chi connectivity index (χ0) is 9.42. The van der Waals surface area contributed by atoms with E-state index in [1.54, 1.807) is 0 Å². The maximum atomic E-state index is 5.86. The molecule has 1 atom stereocenters. The molecule has 0 aromatic rings. The molecule has 2 rings (SSSR count). The smallest absolute Gasteiger partial charge is 0.0359 e. The predicted molar refractivity (Wildman–Crippen MR) is 55.2 cm³/mol. The molecule has 0 aromatic heterocycles. The molecule has 0 bridgehead atoms. The highest BCUT2D eigenvalue weighted by Crippen LogP contribution is 2.39. The third-order valence-corrected chi connectivity index (χ3v) is 2.88. The van der Waals surface area contributed by atoms with Crippen LogP contribution in [0.25, 0.3) is 0 Å². The summed E-state index contributed by atoms with van der Waals surface area (Å²) in [7, 11) is 2.17. The molecular formula is C11H18N2.